The van der Waals surface area contributed by atoms with Crippen molar-refractivity contribution in [3.8, 4) is 91.2 Å². The van der Waals surface area contributed by atoms with Crippen molar-refractivity contribution >= 4 is 86.6 Å². The van der Waals surface area contributed by atoms with E-state index in [0.717, 1.165) is 64.1 Å². The van der Waals surface area contributed by atoms with Crippen LogP contribution in [-0.4, -0.2) is 191 Å². The number of hydrogen-bond acceptors (Lipinski definition) is 22. The molecule has 0 aliphatic heterocycles. The first-order valence-corrected chi connectivity index (χ1v) is 36.2. The fourth-order valence-electron chi connectivity index (χ4n) is 11.0. The minimum Gasteiger partial charge on any atom is -0.480 e. The summed E-state index contributed by atoms with van der Waals surface area (Å²) < 4.78 is 10.2. The maximum atomic E-state index is 12.5. The number of aromatic nitrogens is 16. The molecule has 10 heterocycles. The van der Waals surface area contributed by atoms with Crippen LogP contribution in [0.15, 0.2) is 219 Å². The fourth-order valence-corrected chi connectivity index (χ4v) is 11.6. The first-order valence-electron chi connectivity index (χ1n) is 35.4. The highest BCUT2D eigenvalue weighted by atomic mass is 35.5. The van der Waals surface area contributed by atoms with Crippen LogP contribution in [-0.2, 0) is 54.9 Å². The van der Waals surface area contributed by atoms with Crippen molar-refractivity contribution in [2.75, 3.05) is 72.5 Å². The Labute approximate surface area is 670 Å². The number of benzene rings is 4. The van der Waals surface area contributed by atoms with Crippen LogP contribution < -0.4 is 22.1 Å². The minimum absolute atomic E-state index is 0.0138. The Hall–Kier alpha value is -14.3. The second kappa shape index (κ2) is 41.1. The Morgan fingerprint density at radius 3 is 1.23 bits per heavy atom. The molecule has 0 bridgehead atoms. The van der Waals surface area contributed by atoms with E-state index in [1.807, 2.05) is 185 Å². The number of nitrogens with two attached hydrogens (primary N) is 2. The molecular weight excluding hydrogens is 1500 g/mol. The standard InChI is InChI=1S/C22H22ClN7O.C21H18N4O3.C18H12ClN5O2.C18H14N4O2.C4H12N2/c1-29(2)12-11-25-17(31)14-30-22-18(20(28-30)16-9-6-10-24-13-16)19(23)21(26-27-22)15-7-4-3-5-8-15;1-15(26)23-21-18(11-10-16-7-4-3-5-8-16)20(17-9-6-12-22-13-17)24-25(21)14-19(27)28-2;19-15-14-16(12-7-4-8-20-9-12)23-24(10-13(25)26)18(14)22-21-17(15)11-5-2-1-3-6-11;19-18-15(9-8-13-5-2-1-3-6-13)17(14-7-4-10-20-11-14)21-22(18)12-16(23)24;1-6(2)4-3-5/h3-10,13H,11-12,14H2,1-2H3,(H,25,31);3-9,12-13H,14H2,1-2H3,(H,23,26);1-9H,10H2,(H,25,26);1-7,10-11H,12,19H2,(H,23,24);3-5H2,1-2H3. The average Bonchev–Trinajstić information content (AvgIpc) is 1.63. The highest BCUT2D eigenvalue weighted by molar-refractivity contribution is 6.39. The Kier molecular flexibility index (Phi) is 29.8. The number of likely N-dealkylation sites (N-methyl/N-ethyl adjacent to an activating group) is 2. The molecule has 0 aliphatic carbocycles. The van der Waals surface area contributed by atoms with Crippen molar-refractivity contribution < 1.29 is 38.9 Å². The van der Waals surface area contributed by atoms with Gasteiger partial charge in [0.15, 0.2) is 11.3 Å². The van der Waals surface area contributed by atoms with Crippen LogP contribution in [0.4, 0.5) is 11.6 Å². The lowest BCUT2D eigenvalue weighted by atomic mass is 10.1. The lowest BCUT2D eigenvalue weighted by Crippen LogP contribution is -2.33. The molecule has 32 heteroatoms. The predicted molar refractivity (Wildman–Crippen MR) is 439 cm³/mol. The van der Waals surface area contributed by atoms with Gasteiger partial charge in [-0.3, -0.25) is 43.9 Å². The van der Waals surface area contributed by atoms with Crippen molar-refractivity contribution in [1.82, 2.24) is 94.6 Å². The number of carbonyl (C=O) groups is 5. The van der Waals surface area contributed by atoms with Gasteiger partial charge in [-0.25, -0.2) is 18.7 Å². The third-order valence-corrected chi connectivity index (χ3v) is 17.0. The van der Waals surface area contributed by atoms with Crippen molar-refractivity contribution in [3.05, 3.63) is 252 Å². The molecule has 2 amide bonds. The predicted octanol–water partition coefficient (Wildman–Crippen LogP) is 10.2. The summed E-state index contributed by atoms with van der Waals surface area (Å²) in [7, 11) is 9.21. The van der Waals surface area contributed by atoms with Crippen LogP contribution in [0, 0.1) is 23.7 Å². The van der Waals surface area contributed by atoms with Crippen LogP contribution in [0.25, 0.3) is 89.6 Å². The molecule has 14 rings (SSSR count). The summed E-state index contributed by atoms with van der Waals surface area (Å²) in [5.74, 6) is 9.75. The van der Waals surface area contributed by atoms with Gasteiger partial charge in [-0.1, -0.05) is 144 Å². The SMILES string of the molecule is CN(C)CCN.CN(C)CCNC(=O)Cn1nc(-c2cccnc2)c2c(Cl)c(-c3ccccc3)nnc21.COC(=O)Cn1nc(-c2cccnc2)c(C#Cc2ccccc2)c1NC(C)=O.Nc1c(C#Cc2ccccc2)c(-c2cccnc2)nn1CC(=O)O.O=C(O)Cn1nc(-c2cccnc2)c2c(Cl)c(-c3ccccc3)nnc21. The summed E-state index contributed by atoms with van der Waals surface area (Å²) in [6, 6.07) is 52.5. The summed E-state index contributed by atoms with van der Waals surface area (Å²) in [6.45, 7) is 3.61. The molecular formula is C83H78Cl2N22O8. The second-order valence-electron chi connectivity index (χ2n) is 25.4. The number of nitrogen functional groups attached to an aromatic ring is 1. The molecule has 115 heavy (non-hydrogen) atoms. The van der Waals surface area contributed by atoms with E-state index >= 15 is 0 Å². The molecule has 582 valence electrons. The van der Waals surface area contributed by atoms with Gasteiger partial charge in [-0.05, 0) is 101 Å². The Balaban J connectivity index is 0.000000159. The number of aliphatic carboxylic acids is 2. The van der Waals surface area contributed by atoms with E-state index < -0.39 is 17.9 Å². The lowest BCUT2D eigenvalue weighted by molar-refractivity contribution is -0.141. The number of methoxy groups -OCH3 is 1. The molecule has 0 spiro atoms. The molecule has 10 aromatic heterocycles. The van der Waals surface area contributed by atoms with E-state index in [2.05, 4.69) is 99.9 Å². The van der Waals surface area contributed by atoms with Crippen molar-refractivity contribution in [2.45, 2.75) is 33.1 Å². The first-order chi connectivity index (χ1) is 55.7. The van der Waals surface area contributed by atoms with E-state index in [1.165, 1.54) is 32.8 Å². The molecule has 0 saturated carbocycles. The van der Waals surface area contributed by atoms with Gasteiger partial charge in [0.2, 0.25) is 11.8 Å². The highest BCUT2D eigenvalue weighted by Gasteiger charge is 2.26. The largest absolute Gasteiger partial charge is 0.480 e. The highest BCUT2D eigenvalue weighted by Crippen LogP contribution is 2.39. The van der Waals surface area contributed by atoms with Crippen LogP contribution in [0.2, 0.25) is 10.0 Å². The van der Waals surface area contributed by atoms with Gasteiger partial charge in [0, 0.05) is 127 Å². The molecule has 0 saturated heterocycles. The summed E-state index contributed by atoms with van der Waals surface area (Å²) in [6.07, 6.45) is 13.3. The summed E-state index contributed by atoms with van der Waals surface area (Å²) in [5, 5.41) is 60.8. The van der Waals surface area contributed by atoms with E-state index in [0.29, 0.717) is 89.8 Å². The smallest absolute Gasteiger partial charge is 0.327 e. The number of halogens is 2. The summed E-state index contributed by atoms with van der Waals surface area (Å²) in [5.41, 5.74) is 22.5. The number of anilines is 2. The number of amides is 2. The third-order valence-electron chi connectivity index (χ3n) is 16.3. The zero-order chi connectivity index (χ0) is 81.8. The van der Waals surface area contributed by atoms with Crippen LogP contribution >= 0.6 is 23.2 Å². The Bertz CT molecular complexity index is 5770. The maximum Gasteiger partial charge on any atom is 0.327 e. The maximum absolute atomic E-state index is 12.5. The third kappa shape index (κ3) is 22.7. The molecule has 0 radical (unpaired) electrons. The van der Waals surface area contributed by atoms with Crippen molar-refractivity contribution in [1.29, 1.82) is 0 Å². The van der Waals surface area contributed by atoms with Gasteiger partial charge in [0.1, 0.15) is 72.0 Å². The van der Waals surface area contributed by atoms with Crippen LogP contribution in [0.5, 0.6) is 0 Å². The van der Waals surface area contributed by atoms with E-state index in [1.54, 1.807) is 67.8 Å². The molecule has 8 N–H and O–H groups in total. The van der Waals surface area contributed by atoms with Crippen molar-refractivity contribution in [2.24, 2.45) is 5.73 Å². The summed E-state index contributed by atoms with van der Waals surface area (Å²) in [4.78, 5) is 78.8. The number of rotatable bonds is 20. The molecule has 14 aromatic rings. The molecule has 0 atom stereocenters. The van der Waals surface area contributed by atoms with Gasteiger partial charge in [0.05, 0.1) is 39.1 Å². The molecule has 30 nitrogen and oxygen atoms in total. The molecule has 0 fully saturated rings. The van der Waals surface area contributed by atoms with Gasteiger partial charge in [0.25, 0.3) is 0 Å². The zero-order valence-electron chi connectivity index (χ0n) is 63.2. The molecule has 0 aliphatic rings. The number of pyridine rings is 4. The number of nitrogens with zero attached hydrogens (tertiary/aromatic N) is 18. The lowest BCUT2D eigenvalue weighted by Gasteiger charge is -2.10. The van der Waals surface area contributed by atoms with Gasteiger partial charge >= 0.3 is 17.9 Å². The zero-order valence-corrected chi connectivity index (χ0v) is 64.8. The van der Waals surface area contributed by atoms with Crippen LogP contribution in [0.3, 0.4) is 0 Å². The van der Waals surface area contributed by atoms with E-state index in [4.69, 9.17) is 49.6 Å². The average molecular weight is 1580 g/mol. The quantitative estimate of drug-likeness (QED) is 0.0305. The molecule has 4 aromatic carbocycles. The second-order valence-corrected chi connectivity index (χ2v) is 26.1. The normalized spacial score (nSPS) is 10.5. The first kappa shape index (κ1) is 83.2. The number of nitrogens with one attached hydrogen (secondary N) is 2. The van der Waals surface area contributed by atoms with E-state index in [-0.39, 0.29) is 43.8 Å². The number of carboxylic acids is 2. The number of carboxylic acid groups (broad SMARTS) is 2. The topological polar surface area (TPSA) is 392 Å². The Morgan fingerprint density at radius 2 is 0.843 bits per heavy atom. The Morgan fingerprint density at radius 1 is 0.461 bits per heavy atom. The number of fused-ring (bicyclic) bond motifs is 2. The molecule has 0 unspecified atom stereocenters. The number of carbonyl (C=O) groups excluding carboxylic acids is 3. The number of ether oxygens (including phenoxy) is 1. The van der Waals surface area contributed by atoms with Crippen LogP contribution in [0.1, 0.15) is 29.2 Å². The monoisotopic (exact) mass is 1580 g/mol. The van der Waals surface area contributed by atoms with Gasteiger partial charge in [-0.2, -0.15) is 20.4 Å². The van der Waals surface area contributed by atoms with Gasteiger partial charge in [-0.15, -0.1) is 20.4 Å². The number of hydrogen-bond donors (Lipinski definition) is 6. The van der Waals surface area contributed by atoms with Gasteiger partial charge < -0.3 is 46.9 Å². The summed E-state index contributed by atoms with van der Waals surface area (Å²) >= 11 is 13.5. The fraction of sp³-hybridized carbons (Fsp3) is 0.169. The number of esters is 1. The van der Waals surface area contributed by atoms with E-state index in [9.17, 15) is 24.0 Å². The van der Waals surface area contributed by atoms with Crippen molar-refractivity contribution in [3.63, 3.8) is 0 Å². The minimum atomic E-state index is -1.03.